The molecule has 3 aromatic rings. The Labute approximate surface area is 161 Å². The zero-order chi connectivity index (χ0) is 19.6. The summed E-state index contributed by atoms with van der Waals surface area (Å²) in [6.07, 6.45) is -0.730. The number of ether oxygens (including phenoxy) is 2. The van der Waals surface area contributed by atoms with E-state index in [1.165, 1.54) is 0 Å². The lowest BCUT2D eigenvalue weighted by Crippen LogP contribution is -2.25. The summed E-state index contributed by atoms with van der Waals surface area (Å²) >= 11 is 5.83. The number of benzene rings is 2. The molecule has 0 unspecified atom stereocenters. The third-order valence-electron chi connectivity index (χ3n) is 3.56. The number of carbonyl (C=O) groups is 2. The van der Waals surface area contributed by atoms with Crippen molar-refractivity contribution in [2.24, 2.45) is 0 Å². The number of H-pyrrole nitrogens is 1. The molecule has 0 bridgehead atoms. The minimum atomic E-state index is -0.730. The van der Waals surface area contributed by atoms with Crippen molar-refractivity contribution in [3.8, 4) is 5.75 Å². The van der Waals surface area contributed by atoms with Gasteiger partial charge in [-0.3, -0.25) is 5.32 Å². The molecule has 1 heterocycles. The Morgan fingerprint density at radius 1 is 1.04 bits per heavy atom. The van der Waals surface area contributed by atoms with Crippen LogP contribution in [0.5, 0.6) is 5.75 Å². The summed E-state index contributed by atoms with van der Waals surface area (Å²) in [5.74, 6) is -0.240. The molecule has 2 aromatic carbocycles. The Morgan fingerprint density at radius 3 is 2.37 bits per heavy atom. The van der Waals surface area contributed by atoms with Crippen LogP contribution in [0.1, 0.15) is 31.3 Å². The summed E-state index contributed by atoms with van der Waals surface area (Å²) in [5, 5.41) is 3.84. The molecule has 27 heavy (non-hydrogen) atoms. The number of rotatable bonds is 3. The van der Waals surface area contributed by atoms with Gasteiger partial charge in [-0.15, -0.1) is 0 Å². The molecule has 140 valence electrons. The summed E-state index contributed by atoms with van der Waals surface area (Å²) in [4.78, 5) is 27.9. The molecule has 0 spiro atoms. The van der Waals surface area contributed by atoms with E-state index in [0.717, 1.165) is 0 Å². The van der Waals surface area contributed by atoms with Gasteiger partial charge in [0.25, 0.3) is 0 Å². The molecule has 6 nitrogen and oxygen atoms in total. The largest absolute Gasteiger partial charge is 0.455 e. The molecule has 1 aromatic heterocycles. The second-order valence-electron chi connectivity index (χ2n) is 6.89. The first kappa shape index (κ1) is 18.8. The summed E-state index contributed by atoms with van der Waals surface area (Å²) in [6.45, 7) is 5.32. The smallest absolute Gasteiger partial charge is 0.417 e. The number of amides is 1. The molecule has 0 saturated heterocycles. The molecular formula is C20H19ClN2O4. The van der Waals surface area contributed by atoms with Crippen LogP contribution in [0.15, 0.2) is 48.5 Å². The van der Waals surface area contributed by atoms with E-state index >= 15 is 0 Å². The highest BCUT2D eigenvalue weighted by molar-refractivity contribution is 6.30. The molecule has 0 saturated carbocycles. The quantitative estimate of drug-likeness (QED) is 0.591. The monoisotopic (exact) mass is 386 g/mol. The number of hydrogen-bond donors (Lipinski definition) is 2. The number of carbonyl (C=O) groups excluding carboxylic acids is 2. The van der Waals surface area contributed by atoms with Crippen LogP contribution in [0.2, 0.25) is 5.02 Å². The van der Waals surface area contributed by atoms with E-state index in [1.807, 2.05) is 12.1 Å². The Balaban J connectivity index is 1.89. The van der Waals surface area contributed by atoms with Gasteiger partial charge < -0.3 is 14.5 Å². The number of fused-ring (bicyclic) bond motifs is 1. The zero-order valence-electron chi connectivity index (χ0n) is 15.1. The molecule has 0 aliphatic rings. The fourth-order valence-electron chi connectivity index (χ4n) is 2.49. The highest BCUT2D eigenvalue weighted by Crippen LogP contribution is 2.29. The fourth-order valence-corrected chi connectivity index (χ4v) is 2.62. The van der Waals surface area contributed by atoms with Crippen LogP contribution in [0.3, 0.4) is 0 Å². The Kier molecular flexibility index (Phi) is 5.10. The van der Waals surface area contributed by atoms with Gasteiger partial charge in [0, 0.05) is 15.9 Å². The Morgan fingerprint density at radius 2 is 1.70 bits per heavy atom. The van der Waals surface area contributed by atoms with Crippen LogP contribution in [0.4, 0.5) is 10.5 Å². The van der Waals surface area contributed by atoms with E-state index < -0.39 is 17.7 Å². The molecule has 0 radical (unpaired) electrons. The fraction of sp³-hybridized carbons (Fsp3) is 0.200. The van der Waals surface area contributed by atoms with Crippen molar-refractivity contribution < 1.29 is 19.1 Å². The number of nitrogens with one attached hydrogen (secondary N) is 2. The van der Waals surface area contributed by atoms with Crippen LogP contribution in [0, 0.1) is 0 Å². The van der Waals surface area contributed by atoms with Gasteiger partial charge in [-0.25, -0.2) is 9.59 Å². The van der Waals surface area contributed by atoms with Gasteiger partial charge in [-0.05, 0) is 51.1 Å². The average molecular weight is 387 g/mol. The number of hydrogen-bond acceptors (Lipinski definition) is 4. The lowest BCUT2D eigenvalue weighted by molar-refractivity contribution is 0.00651. The standard InChI is InChI=1S/C20H19ClN2O4/c1-20(2,3)27-18(24)17-16(14-6-4-5-7-15(14)22-17)23-19(25)26-13-10-8-12(21)9-11-13/h4-11,22H,1-3H3,(H,23,25). The predicted octanol–water partition coefficient (Wildman–Crippen LogP) is 5.39. The highest BCUT2D eigenvalue weighted by atomic mass is 35.5. The topological polar surface area (TPSA) is 80.4 Å². The minimum Gasteiger partial charge on any atom is -0.455 e. The first-order chi connectivity index (χ1) is 12.7. The molecule has 0 aliphatic heterocycles. The van der Waals surface area contributed by atoms with E-state index in [0.29, 0.717) is 27.4 Å². The average Bonchev–Trinajstić information content (AvgIpc) is 2.94. The maximum atomic E-state index is 12.6. The van der Waals surface area contributed by atoms with Crippen LogP contribution in [-0.2, 0) is 4.74 Å². The molecule has 1 amide bonds. The maximum absolute atomic E-state index is 12.6. The van der Waals surface area contributed by atoms with Gasteiger partial charge in [0.2, 0.25) is 0 Å². The molecule has 0 aliphatic carbocycles. The van der Waals surface area contributed by atoms with Crippen molar-refractivity contribution in [2.45, 2.75) is 26.4 Å². The van der Waals surface area contributed by atoms with Crippen molar-refractivity contribution in [3.63, 3.8) is 0 Å². The van der Waals surface area contributed by atoms with Crippen molar-refractivity contribution in [3.05, 3.63) is 59.2 Å². The van der Waals surface area contributed by atoms with E-state index in [2.05, 4.69) is 10.3 Å². The van der Waals surface area contributed by atoms with Crippen molar-refractivity contribution in [1.82, 2.24) is 4.98 Å². The van der Waals surface area contributed by atoms with Gasteiger partial charge in [-0.1, -0.05) is 29.8 Å². The zero-order valence-corrected chi connectivity index (χ0v) is 15.9. The number of para-hydroxylation sites is 1. The first-order valence-electron chi connectivity index (χ1n) is 8.31. The SMILES string of the molecule is CC(C)(C)OC(=O)c1[nH]c2ccccc2c1NC(=O)Oc1ccc(Cl)cc1. The van der Waals surface area contributed by atoms with Gasteiger partial charge in [0.1, 0.15) is 17.0 Å². The van der Waals surface area contributed by atoms with Gasteiger partial charge >= 0.3 is 12.1 Å². The summed E-state index contributed by atoms with van der Waals surface area (Å²) in [6, 6.07) is 13.6. The van der Waals surface area contributed by atoms with Gasteiger partial charge in [-0.2, -0.15) is 0 Å². The third-order valence-corrected chi connectivity index (χ3v) is 3.81. The van der Waals surface area contributed by atoms with E-state index in [9.17, 15) is 9.59 Å². The van der Waals surface area contributed by atoms with Crippen molar-refractivity contribution >= 4 is 40.3 Å². The first-order valence-corrected chi connectivity index (χ1v) is 8.69. The lowest BCUT2D eigenvalue weighted by Gasteiger charge is -2.19. The molecule has 7 heteroatoms. The third kappa shape index (κ3) is 4.60. The van der Waals surface area contributed by atoms with E-state index in [1.54, 1.807) is 57.2 Å². The second kappa shape index (κ2) is 7.32. The van der Waals surface area contributed by atoms with Gasteiger partial charge in [0.15, 0.2) is 0 Å². The van der Waals surface area contributed by atoms with Crippen molar-refractivity contribution in [2.75, 3.05) is 5.32 Å². The van der Waals surface area contributed by atoms with Crippen LogP contribution < -0.4 is 10.1 Å². The summed E-state index contributed by atoms with van der Waals surface area (Å²) in [5.41, 5.74) is 0.480. The number of aromatic nitrogens is 1. The van der Waals surface area contributed by atoms with E-state index in [4.69, 9.17) is 21.1 Å². The Bertz CT molecular complexity index is 987. The molecule has 3 rings (SSSR count). The van der Waals surface area contributed by atoms with Gasteiger partial charge in [0.05, 0.1) is 5.69 Å². The van der Waals surface area contributed by atoms with Crippen LogP contribution in [0.25, 0.3) is 10.9 Å². The Hall–Kier alpha value is -2.99. The number of esters is 1. The highest BCUT2D eigenvalue weighted by Gasteiger charge is 2.25. The number of halogens is 1. The minimum absolute atomic E-state index is 0.152. The second-order valence-corrected chi connectivity index (χ2v) is 7.33. The van der Waals surface area contributed by atoms with Crippen LogP contribution >= 0.6 is 11.6 Å². The number of aromatic amines is 1. The normalized spacial score (nSPS) is 11.3. The van der Waals surface area contributed by atoms with E-state index in [-0.39, 0.29) is 5.69 Å². The molecule has 0 atom stereocenters. The van der Waals surface area contributed by atoms with Crippen molar-refractivity contribution in [1.29, 1.82) is 0 Å². The summed E-state index contributed by atoms with van der Waals surface area (Å²) in [7, 11) is 0. The molecule has 0 fully saturated rings. The molecule has 2 N–H and O–H groups in total. The summed E-state index contributed by atoms with van der Waals surface area (Å²) < 4.78 is 10.7. The van der Waals surface area contributed by atoms with Crippen LogP contribution in [-0.4, -0.2) is 22.6 Å². The lowest BCUT2D eigenvalue weighted by atomic mass is 10.2. The molecular weight excluding hydrogens is 368 g/mol. The predicted molar refractivity (Wildman–Crippen MR) is 105 cm³/mol. The number of anilines is 1. The maximum Gasteiger partial charge on any atom is 0.417 e.